The Balaban J connectivity index is 3.07. The monoisotopic (exact) mass is 217 g/mol. The van der Waals surface area contributed by atoms with Crippen LogP contribution >= 0.6 is 0 Å². The molecule has 0 aliphatic rings. The van der Waals surface area contributed by atoms with Gasteiger partial charge in [0.1, 0.15) is 11.5 Å². The molecule has 0 radical (unpaired) electrons. The summed E-state index contributed by atoms with van der Waals surface area (Å²) < 4.78 is 34.8. The number of hydrogen-bond acceptors (Lipinski definition) is 4. The average molecular weight is 217 g/mol. The van der Waals surface area contributed by atoms with Gasteiger partial charge in [-0.15, -0.1) is 0 Å². The third-order valence-electron chi connectivity index (χ3n) is 1.69. The van der Waals surface area contributed by atoms with Crippen LogP contribution in [-0.4, -0.2) is 20.1 Å². The van der Waals surface area contributed by atoms with Crippen molar-refractivity contribution in [3.63, 3.8) is 0 Å². The van der Waals surface area contributed by atoms with Gasteiger partial charge in [0, 0.05) is 5.69 Å². The van der Waals surface area contributed by atoms with Crippen molar-refractivity contribution in [3.05, 3.63) is 23.8 Å². The first-order chi connectivity index (χ1) is 6.42. The molecule has 0 heterocycles. The summed E-state index contributed by atoms with van der Waals surface area (Å²) in [6, 6.07) is 4.62. The Morgan fingerprint density at radius 2 is 2.14 bits per heavy atom. The van der Waals surface area contributed by atoms with Crippen molar-refractivity contribution in [2.75, 3.05) is 12.8 Å². The molecule has 0 bridgehead atoms. The van der Waals surface area contributed by atoms with Crippen LogP contribution in [0.4, 0.5) is 5.69 Å². The zero-order chi connectivity index (χ0) is 10.8. The smallest absolute Gasteiger partial charge is 0.269 e. The third kappa shape index (κ3) is 2.90. The van der Waals surface area contributed by atoms with E-state index in [1.807, 2.05) is 0 Å². The van der Waals surface area contributed by atoms with Gasteiger partial charge in [0.05, 0.1) is 7.11 Å². The fraction of sp³-hybridized carbons (Fsp3) is 0.250. The predicted octanol–water partition coefficient (Wildman–Crippen LogP) is 0.665. The van der Waals surface area contributed by atoms with E-state index in [1.165, 1.54) is 19.2 Å². The molecule has 5 nitrogen and oxygen atoms in total. The van der Waals surface area contributed by atoms with E-state index in [4.69, 9.17) is 15.0 Å². The first kappa shape index (κ1) is 10.8. The molecule has 0 aliphatic carbocycles. The number of rotatable bonds is 3. The Hall–Kier alpha value is -1.27. The molecule has 0 saturated carbocycles. The Kier molecular flexibility index (Phi) is 2.97. The lowest BCUT2D eigenvalue weighted by atomic mass is 10.2. The van der Waals surface area contributed by atoms with Crippen molar-refractivity contribution in [1.29, 1.82) is 0 Å². The molecule has 1 aromatic rings. The summed E-state index contributed by atoms with van der Waals surface area (Å²) in [5.41, 5.74) is 6.15. The van der Waals surface area contributed by atoms with Crippen LogP contribution in [0.15, 0.2) is 18.2 Å². The van der Waals surface area contributed by atoms with Gasteiger partial charge in [-0.2, -0.15) is 8.42 Å². The first-order valence-corrected chi connectivity index (χ1v) is 5.41. The van der Waals surface area contributed by atoms with Crippen LogP contribution in [0.5, 0.6) is 5.75 Å². The minimum atomic E-state index is -4.06. The summed E-state index contributed by atoms with van der Waals surface area (Å²) in [7, 11) is -2.60. The van der Waals surface area contributed by atoms with Gasteiger partial charge in [-0.25, -0.2) is 0 Å². The Morgan fingerprint density at radius 3 is 2.64 bits per heavy atom. The summed E-state index contributed by atoms with van der Waals surface area (Å²) in [6.45, 7) is 0. The van der Waals surface area contributed by atoms with Gasteiger partial charge in [-0.3, -0.25) is 4.55 Å². The topological polar surface area (TPSA) is 89.6 Å². The molecule has 0 aliphatic heterocycles. The van der Waals surface area contributed by atoms with Gasteiger partial charge in [0.15, 0.2) is 0 Å². The van der Waals surface area contributed by atoms with Crippen LogP contribution < -0.4 is 10.5 Å². The molecule has 0 unspecified atom stereocenters. The summed E-state index contributed by atoms with van der Waals surface area (Å²) >= 11 is 0. The molecule has 3 N–H and O–H groups in total. The van der Waals surface area contributed by atoms with Crippen molar-refractivity contribution in [1.82, 2.24) is 0 Å². The minimum Gasteiger partial charge on any atom is -0.497 e. The number of nitrogens with two attached hydrogens (primary N) is 1. The van der Waals surface area contributed by atoms with E-state index >= 15 is 0 Å². The maximum Gasteiger partial charge on any atom is 0.269 e. The lowest BCUT2D eigenvalue weighted by molar-refractivity contribution is 0.414. The lowest BCUT2D eigenvalue weighted by Crippen LogP contribution is -2.04. The summed E-state index contributed by atoms with van der Waals surface area (Å²) in [4.78, 5) is 0. The van der Waals surface area contributed by atoms with E-state index in [-0.39, 0.29) is 0 Å². The molecule has 6 heteroatoms. The SMILES string of the molecule is COc1ccc(N)c(CS(=O)(=O)O)c1. The zero-order valence-electron chi connectivity index (χ0n) is 7.60. The van der Waals surface area contributed by atoms with Crippen molar-refractivity contribution >= 4 is 15.8 Å². The standard InChI is InChI=1S/C8H11NO4S/c1-13-7-2-3-8(9)6(4-7)5-14(10,11)12/h2-4H,5,9H2,1H3,(H,10,11,12). The quantitative estimate of drug-likeness (QED) is 0.573. The zero-order valence-corrected chi connectivity index (χ0v) is 8.41. The van der Waals surface area contributed by atoms with E-state index in [1.54, 1.807) is 6.07 Å². The molecular formula is C8H11NO4S. The van der Waals surface area contributed by atoms with Gasteiger partial charge in [-0.05, 0) is 23.8 Å². The van der Waals surface area contributed by atoms with Crippen molar-refractivity contribution in [2.45, 2.75) is 5.75 Å². The maximum atomic E-state index is 10.6. The number of benzene rings is 1. The largest absolute Gasteiger partial charge is 0.497 e. The second-order valence-electron chi connectivity index (χ2n) is 2.79. The third-order valence-corrected chi connectivity index (χ3v) is 2.36. The van der Waals surface area contributed by atoms with Gasteiger partial charge >= 0.3 is 0 Å². The van der Waals surface area contributed by atoms with E-state index < -0.39 is 15.9 Å². The molecule has 1 aromatic carbocycles. The highest BCUT2D eigenvalue weighted by Crippen LogP contribution is 2.20. The highest BCUT2D eigenvalue weighted by atomic mass is 32.2. The van der Waals surface area contributed by atoms with Crippen LogP contribution in [0.2, 0.25) is 0 Å². The highest BCUT2D eigenvalue weighted by Gasteiger charge is 2.10. The molecule has 14 heavy (non-hydrogen) atoms. The number of nitrogen functional groups attached to an aromatic ring is 1. The molecule has 0 saturated heterocycles. The van der Waals surface area contributed by atoms with Crippen LogP contribution in [-0.2, 0) is 15.9 Å². The first-order valence-electron chi connectivity index (χ1n) is 3.80. The molecule has 0 atom stereocenters. The number of hydrogen-bond donors (Lipinski definition) is 2. The van der Waals surface area contributed by atoms with Crippen molar-refractivity contribution in [3.8, 4) is 5.75 Å². The van der Waals surface area contributed by atoms with Gasteiger partial charge in [0.2, 0.25) is 0 Å². The molecule has 0 fully saturated rings. The van der Waals surface area contributed by atoms with E-state index in [0.29, 0.717) is 17.0 Å². The summed E-state index contributed by atoms with van der Waals surface area (Å²) in [5.74, 6) is -0.00593. The highest BCUT2D eigenvalue weighted by molar-refractivity contribution is 7.85. The number of methoxy groups -OCH3 is 1. The van der Waals surface area contributed by atoms with E-state index in [2.05, 4.69) is 0 Å². The van der Waals surface area contributed by atoms with Crippen molar-refractivity contribution < 1.29 is 17.7 Å². The second kappa shape index (κ2) is 3.85. The van der Waals surface area contributed by atoms with Crippen LogP contribution in [0.25, 0.3) is 0 Å². The molecule has 0 aromatic heterocycles. The van der Waals surface area contributed by atoms with Gasteiger partial charge < -0.3 is 10.5 Å². The normalized spacial score (nSPS) is 11.3. The fourth-order valence-electron chi connectivity index (χ4n) is 1.03. The molecule has 1 rings (SSSR count). The molecular weight excluding hydrogens is 206 g/mol. The van der Waals surface area contributed by atoms with Gasteiger partial charge in [-0.1, -0.05) is 0 Å². The Morgan fingerprint density at radius 1 is 1.50 bits per heavy atom. The number of ether oxygens (including phenoxy) is 1. The summed E-state index contributed by atoms with van der Waals surface area (Å²) in [5, 5.41) is 0. The Bertz CT molecular complexity index is 427. The van der Waals surface area contributed by atoms with Crippen LogP contribution in [0.3, 0.4) is 0 Å². The van der Waals surface area contributed by atoms with E-state index in [9.17, 15) is 8.42 Å². The van der Waals surface area contributed by atoms with Crippen LogP contribution in [0, 0.1) is 0 Å². The Labute approximate surface area is 82.2 Å². The fourth-order valence-corrected chi connectivity index (χ4v) is 1.67. The van der Waals surface area contributed by atoms with Gasteiger partial charge in [0.25, 0.3) is 10.1 Å². The molecule has 0 spiro atoms. The second-order valence-corrected chi connectivity index (χ2v) is 4.24. The van der Waals surface area contributed by atoms with Crippen molar-refractivity contribution in [2.24, 2.45) is 0 Å². The predicted molar refractivity (Wildman–Crippen MR) is 52.7 cm³/mol. The molecule has 0 amide bonds. The van der Waals surface area contributed by atoms with E-state index in [0.717, 1.165) is 0 Å². The minimum absolute atomic E-state index is 0.309. The lowest BCUT2D eigenvalue weighted by Gasteiger charge is -2.06. The summed E-state index contributed by atoms with van der Waals surface area (Å²) in [6.07, 6.45) is 0. The molecule has 78 valence electrons. The average Bonchev–Trinajstić information content (AvgIpc) is 2.06. The van der Waals surface area contributed by atoms with Crippen LogP contribution in [0.1, 0.15) is 5.56 Å². The number of anilines is 1. The maximum absolute atomic E-state index is 10.6.